The van der Waals surface area contributed by atoms with Crippen LogP contribution < -0.4 is 5.32 Å². The highest BCUT2D eigenvalue weighted by Crippen LogP contribution is 2.34. The number of aromatic amines is 2. The second-order valence-corrected chi connectivity index (χ2v) is 8.24. The number of hydrogen-bond donors (Lipinski definition) is 3. The Labute approximate surface area is 200 Å². The van der Waals surface area contributed by atoms with Crippen LogP contribution in [-0.2, 0) is 4.79 Å². The van der Waals surface area contributed by atoms with E-state index in [1.54, 1.807) is 31.0 Å². The van der Waals surface area contributed by atoms with Gasteiger partial charge in [-0.2, -0.15) is 5.10 Å². The fourth-order valence-corrected chi connectivity index (χ4v) is 4.24. The third kappa shape index (κ3) is 3.80. The lowest BCUT2D eigenvalue weighted by molar-refractivity contribution is -0.115. The van der Waals surface area contributed by atoms with Crippen molar-refractivity contribution in [3.63, 3.8) is 0 Å². The highest BCUT2D eigenvalue weighted by atomic mass is 16.1. The zero-order chi connectivity index (χ0) is 23.8. The van der Waals surface area contributed by atoms with Gasteiger partial charge < -0.3 is 10.3 Å². The Balaban J connectivity index is 1.43. The summed E-state index contributed by atoms with van der Waals surface area (Å²) in [4.78, 5) is 28.3. The molecule has 6 aromatic rings. The Morgan fingerprint density at radius 2 is 1.80 bits per heavy atom. The number of carbonyl (C=O) groups excluding carboxylic acids is 1. The monoisotopic (exact) mass is 459 g/mol. The van der Waals surface area contributed by atoms with Crippen LogP contribution in [0.3, 0.4) is 0 Å². The average molecular weight is 460 g/mol. The fourth-order valence-electron chi connectivity index (χ4n) is 4.24. The van der Waals surface area contributed by atoms with Gasteiger partial charge in [-0.1, -0.05) is 19.1 Å². The number of nitrogens with one attached hydrogen (secondary N) is 3. The lowest BCUT2D eigenvalue weighted by Gasteiger charge is -2.06. The van der Waals surface area contributed by atoms with Crippen molar-refractivity contribution in [3.8, 4) is 33.8 Å². The van der Waals surface area contributed by atoms with E-state index in [1.165, 1.54) is 0 Å². The Morgan fingerprint density at radius 3 is 2.66 bits per heavy atom. The van der Waals surface area contributed by atoms with Gasteiger partial charge in [0.2, 0.25) is 5.91 Å². The number of anilines is 1. The predicted molar refractivity (Wildman–Crippen MR) is 137 cm³/mol. The van der Waals surface area contributed by atoms with Gasteiger partial charge in [-0.3, -0.25) is 24.8 Å². The van der Waals surface area contributed by atoms with Crippen LogP contribution in [0.5, 0.6) is 0 Å². The molecule has 0 atom stereocenters. The lowest BCUT2D eigenvalue weighted by atomic mass is 10.0. The largest absolute Gasteiger partial charge is 0.353 e. The molecular formula is C27H21N7O. The first-order valence-corrected chi connectivity index (χ1v) is 11.3. The van der Waals surface area contributed by atoms with Gasteiger partial charge >= 0.3 is 0 Å². The summed E-state index contributed by atoms with van der Waals surface area (Å²) in [7, 11) is 0. The number of nitrogens with zero attached hydrogens (tertiary/aromatic N) is 4. The minimum atomic E-state index is -0.0607. The Bertz CT molecular complexity index is 1680. The molecular weight excluding hydrogens is 438 g/mol. The molecule has 5 heterocycles. The molecule has 0 saturated heterocycles. The topological polar surface area (TPSA) is 112 Å². The number of aromatic nitrogens is 6. The normalized spacial score (nSPS) is 11.2. The summed E-state index contributed by atoms with van der Waals surface area (Å²) < 4.78 is 0. The van der Waals surface area contributed by atoms with Crippen molar-refractivity contribution >= 4 is 33.4 Å². The van der Waals surface area contributed by atoms with Gasteiger partial charge in [0.05, 0.1) is 35.0 Å². The molecule has 0 aliphatic carbocycles. The summed E-state index contributed by atoms with van der Waals surface area (Å²) in [5, 5.41) is 12.6. The summed E-state index contributed by atoms with van der Waals surface area (Å²) in [6.45, 7) is 1.81. The molecule has 1 amide bonds. The molecule has 6 rings (SSSR count). The van der Waals surface area contributed by atoms with Crippen molar-refractivity contribution < 1.29 is 4.79 Å². The van der Waals surface area contributed by atoms with Crippen LogP contribution in [0, 0.1) is 0 Å². The number of rotatable bonds is 5. The summed E-state index contributed by atoms with van der Waals surface area (Å²) in [6.07, 6.45) is 9.14. The molecule has 3 N–H and O–H groups in total. The minimum Gasteiger partial charge on any atom is -0.353 e. The molecule has 0 unspecified atom stereocenters. The number of H-pyrrole nitrogens is 2. The van der Waals surface area contributed by atoms with E-state index in [9.17, 15) is 4.79 Å². The molecule has 0 fully saturated rings. The van der Waals surface area contributed by atoms with Crippen LogP contribution >= 0.6 is 0 Å². The van der Waals surface area contributed by atoms with E-state index < -0.39 is 0 Å². The van der Waals surface area contributed by atoms with E-state index >= 15 is 0 Å². The summed E-state index contributed by atoms with van der Waals surface area (Å²) in [5.74, 6) is -0.0607. The molecule has 0 aliphatic rings. The first-order chi connectivity index (χ1) is 17.2. The highest BCUT2D eigenvalue weighted by molar-refractivity contribution is 6.01. The molecule has 8 heteroatoms. The summed E-state index contributed by atoms with van der Waals surface area (Å²) >= 11 is 0. The van der Waals surface area contributed by atoms with Crippen molar-refractivity contribution in [2.75, 3.05) is 5.32 Å². The number of pyridine rings is 3. The third-order valence-electron chi connectivity index (χ3n) is 6.00. The minimum absolute atomic E-state index is 0.0607. The summed E-state index contributed by atoms with van der Waals surface area (Å²) in [6, 6.07) is 16.2. The zero-order valence-corrected chi connectivity index (χ0v) is 18.9. The Morgan fingerprint density at radius 1 is 0.914 bits per heavy atom. The van der Waals surface area contributed by atoms with Crippen molar-refractivity contribution in [2.24, 2.45) is 0 Å². The number of hydrogen-bond acceptors (Lipinski definition) is 5. The first-order valence-electron chi connectivity index (χ1n) is 11.3. The van der Waals surface area contributed by atoms with E-state index in [1.807, 2.05) is 37.3 Å². The van der Waals surface area contributed by atoms with Gasteiger partial charge in [-0.25, -0.2) is 0 Å². The van der Waals surface area contributed by atoms with E-state index in [4.69, 9.17) is 0 Å². The number of benzene rings is 1. The maximum Gasteiger partial charge on any atom is 0.224 e. The smallest absolute Gasteiger partial charge is 0.224 e. The van der Waals surface area contributed by atoms with Gasteiger partial charge in [0, 0.05) is 46.9 Å². The third-order valence-corrected chi connectivity index (χ3v) is 6.00. The number of amides is 1. The van der Waals surface area contributed by atoms with Gasteiger partial charge in [0.1, 0.15) is 5.69 Å². The molecule has 0 spiro atoms. The van der Waals surface area contributed by atoms with Crippen LogP contribution in [0.15, 0.2) is 79.5 Å². The van der Waals surface area contributed by atoms with Crippen LogP contribution in [0.25, 0.3) is 55.6 Å². The van der Waals surface area contributed by atoms with Crippen molar-refractivity contribution in [2.45, 2.75) is 13.3 Å². The first kappa shape index (κ1) is 20.7. The SMILES string of the molecule is CCC(=O)Nc1cncc(-c2cc3c(-c4cc5c(-c6ccncc6)cccc5[nH]4)n[nH]c3cn2)c1. The van der Waals surface area contributed by atoms with Crippen molar-refractivity contribution in [1.29, 1.82) is 0 Å². The lowest BCUT2D eigenvalue weighted by Crippen LogP contribution is -2.09. The molecule has 8 nitrogen and oxygen atoms in total. The number of fused-ring (bicyclic) bond motifs is 2. The standard InChI is InChI=1S/C27H21N7O/c1-2-26(35)31-18-10-17(13-29-14-18)23-12-21-25(15-30-23)33-34-27(21)24-11-20-19(4-3-5-22(20)32-24)16-6-8-28-9-7-16/h3-15,32H,2H2,1H3,(H,31,35)(H,33,34). The van der Waals surface area contributed by atoms with Crippen molar-refractivity contribution in [1.82, 2.24) is 30.1 Å². The van der Waals surface area contributed by atoms with Gasteiger partial charge in [-0.05, 0) is 47.5 Å². The van der Waals surface area contributed by atoms with E-state index in [0.29, 0.717) is 12.1 Å². The Kier molecular flexibility index (Phi) is 5.03. The summed E-state index contributed by atoms with van der Waals surface area (Å²) in [5.41, 5.74) is 8.02. The second-order valence-electron chi connectivity index (χ2n) is 8.24. The van der Waals surface area contributed by atoms with Crippen LogP contribution in [0.1, 0.15) is 13.3 Å². The van der Waals surface area contributed by atoms with Gasteiger partial charge in [0.15, 0.2) is 0 Å². The molecule has 1 aromatic carbocycles. The molecule has 0 saturated carbocycles. The highest BCUT2D eigenvalue weighted by Gasteiger charge is 2.15. The fraction of sp³-hybridized carbons (Fsp3) is 0.0741. The van der Waals surface area contributed by atoms with Gasteiger partial charge in [0.25, 0.3) is 0 Å². The maximum atomic E-state index is 11.8. The molecule has 35 heavy (non-hydrogen) atoms. The van der Waals surface area contributed by atoms with E-state index in [0.717, 1.165) is 55.6 Å². The molecule has 5 aromatic heterocycles. The van der Waals surface area contributed by atoms with Gasteiger partial charge in [-0.15, -0.1) is 0 Å². The van der Waals surface area contributed by atoms with E-state index in [-0.39, 0.29) is 5.91 Å². The molecule has 170 valence electrons. The number of carbonyl (C=O) groups is 1. The van der Waals surface area contributed by atoms with Crippen LogP contribution in [0.2, 0.25) is 0 Å². The van der Waals surface area contributed by atoms with E-state index in [2.05, 4.69) is 53.6 Å². The molecule has 0 bridgehead atoms. The molecule has 0 aliphatic heterocycles. The maximum absolute atomic E-state index is 11.8. The molecule has 0 radical (unpaired) electrons. The zero-order valence-electron chi connectivity index (χ0n) is 18.9. The average Bonchev–Trinajstić information content (AvgIpc) is 3.53. The van der Waals surface area contributed by atoms with Crippen LogP contribution in [-0.4, -0.2) is 36.0 Å². The Hall–Kier alpha value is -4.85. The predicted octanol–water partition coefficient (Wildman–Crippen LogP) is 5.58. The van der Waals surface area contributed by atoms with Crippen LogP contribution in [0.4, 0.5) is 5.69 Å². The quantitative estimate of drug-likeness (QED) is 0.312. The van der Waals surface area contributed by atoms with Crippen molar-refractivity contribution in [3.05, 3.63) is 79.5 Å². The second kappa shape index (κ2) is 8.49.